The summed E-state index contributed by atoms with van der Waals surface area (Å²) in [5.41, 5.74) is 2.56. The van der Waals surface area contributed by atoms with E-state index in [0.717, 1.165) is 37.6 Å². The van der Waals surface area contributed by atoms with Crippen LogP contribution in [0.3, 0.4) is 0 Å². The molecule has 1 aromatic rings. The number of aliphatic hydroxyl groups is 1. The van der Waals surface area contributed by atoms with E-state index in [9.17, 15) is 27.1 Å². The molecule has 1 saturated heterocycles. The number of thioether (sulfide) groups is 1. The van der Waals surface area contributed by atoms with Gasteiger partial charge in [-0.25, -0.2) is 0 Å². The third-order valence-corrected chi connectivity index (χ3v) is 12.2. The number of rotatable bonds is 7. The Labute approximate surface area is 239 Å². The highest BCUT2D eigenvalue weighted by Gasteiger charge is 2.58. The van der Waals surface area contributed by atoms with Gasteiger partial charge in [0.25, 0.3) is 0 Å². The summed E-state index contributed by atoms with van der Waals surface area (Å²) >= 11 is 1.49. The number of hydrogen-bond donors (Lipinski definition) is 1. The average Bonchev–Trinajstić information content (AvgIpc) is 3.27. The first-order valence-electron chi connectivity index (χ1n) is 14.7. The fraction of sp³-hybridized carbons (Fsp3) is 0.800. The Balaban J connectivity index is 1.35. The molecule has 0 amide bonds. The van der Waals surface area contributed by atoms with Crippen LogP contribution in [0.4, 0.5) is 22.0 Å². The molecule has 1 aromatic carbocycles. The second kappa shape index (κ2) is 10.4. The molecule has 0 aromatic heterocycles. The lowest BCUT2D eigenvalue weighted by molar-refractivity contribution is -0.284. The molecule has 1 aliphatic heterocycles. The Bertz CT molecular complexity index is 1080. The van der Waals surface area contributed by atoms with Gasteiger partial charge in [-0.3, -0.25) is 0 Å². The Morgan fingerprint density at radius 3 is 2.33 bits per heavy atom. The van der Waals surface area contributed by atoms with Crippen LogP contribution in [0.15, 0.2) is 18.2 Å². The van der Waals surface area contributed by atoms with E-state index in [2.05, 4.69) is 25.1 Å². The van der Waals surface area contributed by atoms with Crippen LogP contribution < -0.4 is 5.46 Å². The zero-order chi connectivity index (χ0) is 29.3. The molecular weight excluding hydrogens is 546 g/mol. The Hall–Kier alpha value is -0.835. The number of alkyl halides is 5. The average molecular weight is 589 g/mol. The molecule has 1 heterocycles. The minimum atomic E-state index is -5.50. The topological polar surface area (TPSA) is 38.7 Å². The van der Waals surface area contributed by atoms with Crippen molar-refractivity contribution in [1.82, 2.24) is 0 Å². The van der Waals surface area contributed by atoms with E-state index in [0.29, 0.717) is 23.5 Å². The van der Waals surface area contributed by atoms with Gasteiger partial charge in [0, 0.05) is 6.42 Å². The van der Waals surface area contributed by atoms with Crippen molar-refractivity contribution >= 4 is 24.3 Å². The van der Waals surface area contributed by atoms with Crippen LogP contribution >= 0.6 is 11.8 Å². The minimum absolute atomic E-state index is 0.126. The van der Waals surface area contributed by atoms with Gasteiger partial charge in [0.15, 0.2) is 0 Å². The molecule has 0 unspecified atom stereocenters. The van der Waals surface area contributed by atoms with Crippen molar-refractivity contribution in [3.8, 4) is 0 Å². The van der Waals surface area contributed by atoms with Crippen molar-refractivity contribution in [1.29, 1.82) is 0 Å². The summed E-state index contributed by atoms with van der Waals surface area (Å²) in [6.07, 6.45) is -2.64. The van der Waals surface area contributed by atoms with Gasteiger partial charge in [0.05, 0.1) is 17.3 Å². The summed E-state index contributed by atoms with van der Waals surface area (Å²) in [6.45, 7) is 10.3. The lowest BCUT2D eigenvalue weighted by atomic mass is 9.52. The van der Waals surface area contributed by atoms with Crippen LogP contribution in [0.2, 0.25) is 0 Å². The molecular formula is C30H42BF5O3S. The first kappa shape index (κ1) is 30.6. The summed E-state index contributed by atoms with van der Waals surface area (Å²) in [5, 5.41) is 10.9. The fourth-order valence-corrected chi connectivity index (χ4v) is 9.00. The van der Waals surface area contributed by atoms with E-state index in [-0.39, 0.29) is 29.6 Å². The standard InChI is InChI=1S/C30H42BF5O3S/c1-26(2)27(3,4)39-31(38-26)20-7-8-21-18(16-20)15-19(17-40-14-6-12-29(32,33)30(34,35)36)25-22(21)11-13-28(5)23(25)9-10-24(28)37/h7-8,16,19,22-25,37H,6,9-15,17H2,1-5H3/t19-,22+,23-,24-,25+,28-/m0/s1. The molecule has 10 heteroatoms. The number of benzene rings is 1. The van der Waals surface area contributed by atoms with Crippen molar-refractivity contribution in [2.24, 2.45) is 23.2 Å². The largest absolute Gasteiger partial charge is 0.494 e. The maximum atomic E-state index is 13.4. The van der Waals surface area contributed by atoms with E-state index in [1.54, 1.807) is 0 Å². The van der Waals surface area contributed by atoms with E-state index < -0.39 is 36.8 Å². The highest BCUT2D eigenvalue weighted by molar-refractivity contribution is 7.99. The molecule has 224 valence electrons. The lowest BCUT2D eigenvalue weighted by Gasteiger charge is -2.53. The summed E-state index contributed by atoms with van der Waals surface area (Å²) in [6, 6.07) is 6.54. The van der Waals surface area contributed by atoms with Gasteiger partial charge in [0.2, 0.25) is 0 Å². The molecule has 3 nitrogen and oxygen atoms in total. The maximum Gasteiger partial charge on any atom is 0.494 e. The highest BCUT2D eigenvalue weighted by Crippen LogP contribution is 2.62. The Morgan fingerprint density at radius 2 is 1.68 bits per heavy atom. The summed E-state index contributed by atoms with van der Waals surface area (Å²) in [7, 11) is -0.462. The van der Waals surface area contributed by atoms with Crippen LogP contribution in [0.5, 0.6) is 0 Å². The van der Waals surface area contributed by atoms with Crippen molar-refractivity contribution in [2.75, 3.05) is 11.5 Å². The molecule has 2 saturated carbocycles. The van der Waals surface area contributed by atoms with Gasteiger partial charge < -0.3 is 14.4 Å². The normalized spacial score (nSPS) is 34.9. The molecule has 6 atom stereocenters. The number of halogens is 5. The highest BCUT2D eigenvalue weighted by atomic mass is 32.2. The Morgan fingerprint density at radius 1 is 1.00 bits per heavy atom. The summed E-state index contributed by atoms with van der Waals surface area (Å²) < 4.78 is 77.2. The molecule has 0 spiro atoms. The third-order valence-electron chi connectivity index (χ3n) is 10.9. The van der Waals surface area contributed by atoms with Crippen molar-refractivity contribution in [3.05, 3.63) is 29.3 Å². The molecule has 1 N–H and O–H groups in total. The van der Waals surface area contributed by atoms with Gasteiger partial charge >= 0.3 is 19.2 Å². The van der Waals surface area contributed by atoms with Gasteiger partial charge in [0.1, 0.15) is 0 Å². The van der Waals surface area contributed by atoms with E-state index >= 15 is 0 Å². The first-order valence-corrected chi connectivity index (χ1v) is 15.8. The summed E-state index contributed by atoms with van der Waals surface area (Å²) in [5.74, 6) is -2.33. The van der Waals surface area contributed by atoms with Gasteiger partial charge in [-0.15, -0.1) is 0 Å². The quantitative estimate of drug-likeness (QED) is 0.209. The lowest BCUT2D eigenvalue weighted by Crippen LogP contribution is -2.48. The molecule has 40 heavy (non-hydrogen) atoms. The smallest absolute Gasteiger partial charge is 0.399 e. The SMILES string of the molecule is CC1(C)OB(c2ccc3c(c2)C[C@@H](CSCCCC(F)(F)C(F)(F)F)[C@@H]2[C@@H]3CC[C@]3(C)[C@@H](O)CC[C@@H]23)OC1(C)C. The second-order valence-electron chi connectivity index (χ2n) is 13.8. The number of fused-ring (bicyclic) bond motifs is 5. The molecule has 0 radical (unpaired) electrons. The maximum absolute atomic E-state index is 13.4. The van der Waals surface area contributed by atoms with Gasteiger partial charge in [-0.1, -0.05) is 25.1 Å². The van der Waals surface area contributed by atoms with Crippen LogP contribution in [0.25, 0.3) is 0 Å². The molecule has 0 bridgehead atoms. The van der Waals surface area contributed by atoms with Gasteiger partial charge in [-0.05, 0) is 123 Å². The van der Waals surface area contributed by atoms with E-state index in [1.165, 1.54) is 22.9 Å². The molecule has 4 aliphatic rings. The third kappa shape index (κ3) is 5.26. The molecule has 5 rings (SSSR count). The van der Waals surface area contributed by atoms with E-state index in [1.807, 2.05) is 27.7 Å². The Kier molecular flexibility index (Phi) is 7.97. The monoisotopic (exact) mass is 588 g/mol. The van der Waals surface area contributed by atoms with Crippen LogP contribution in [-0.4, -0.2) is 53.1 Å². The zero-order valence-corrected chi connectivity index (χ0v) is 24.9. The van der Waals surface area contributed by atoms with Crippen LogP contribution in [-0.2, 0) is 15.7 Å². The predicted octanol–water partition coefficient (Wildman–Crippen LogP) is 7.14. The second-order valence-corrected chi connectivity index (χ2v) is 15.0. The predicted molar refractivity (Wildman–Crippen MR) is 149 cm³/mol. The molecule has 3 aliphatic carbocycles. The molecule has 3 fully saturated rings. The van der Waals surface area contributed by atoms with Crippen LogP contribution in [0.1, 0.15) is 90.2 Å². The van der Waals surface area contributed by atoms with Crippen molar-refractivity contribution < 1.29 is 36.4 Å². The summed E-state index contributed by atoms with van der Waals surface area (Å²) in [4.78, 5) is 0. The first-order chi connectivity index (χ1) is 18.5. The van der Waals surface area contributed by atoms with E-state index in [4.69, 9.17) is 9.31 Å². The van der Waals surface area contributed by atoms with Crippen molar-refractivity contribution in [2.45, 2.75) is 115 Å². The van der Waals surface area contributed by atoms with Gasteiger partial charge in [-0.2, -0.15) is 33.7 Å². The number of aliphatic hydroxyl groups excluding tert-OH is 1. The fourth-order valence-electron chi connectivity index (χ4n) is 7.84. The number of hydrogen-bond acceptors (Lipinski definition) is 4. The zero-order valence-electron chi connectivity index (χ0n) is 24.1. The van der Waals surface area contributed by atoms with Crippen LogP contribution in [0, 0.1) is 23.2 Å². The van der Waals surface area contributed by atoms with Crippen molar-refractivity contribution in [3.63, 3.8) is 0 Å². The minimum Gasteiger partial charge on any atom is -0.399 e.